The Bertz CT molecular complexity index is 1020. The van der Waals surface area contributed by atoms with E-state index in [9.17, 15) is 9.59 Å². The molecule has 6 nitrogen and oxygen atoms in total. The van der Waals surface area contributed by atoms with Crippen LogP contribution < -0.4 is 10.6 Å². The molecule has 0 bridgehead atoms. The summed E-state index contributed by atoms with van der Waals surface area (Å²) < 4.78 is 1.73. The van der Waals surface area contributed by atoms with E-state index in [0.717, 1.165) is 37.1 Å². The summed E-state index contributed by atoms with van der Waals surface area (Å²) in [4.78, 5) is 25.6. The molecule has 6 heteroatoms. The van der Waals surface area contributed by atoms with Gasteiger partial charge < -0.3 is 10.6 Å². The van der Waals surface area contributed by atoms with Gasteiger partial charge >= 0.3 is 0 Å². The Labute approximate surface area is 169 Å². The fourth-order valence-electron chi connectivity index (χ4n) is 3.78. The lowest BCUT2D eigenvalue weighted by Gasteiger charge is -2.15. The number of rotatable bonds is 5. The van der Waals surface area contributed by atoms with Gasteiger partial charge in [-0.05, 0) is 44.0 Å². The maximum atomic E-state index is 12.9. The number of nitrogens with one attached hydrogen (secondary N) is 2. The van der Waals surface area contributed by atoms with E-state index in [0.29, 0.717) is 16.8 Å². The highest BCUT2D eigenvalue weighted by atomic mass is 16.2. The summed E-state index contributed by atoms with van der Waals surface area (Å²) in [7, 11) is 0. The van der Waals surface area contributed by atoms with Crippen LogP contribution in [0.3, 0.4) is 0 Å². The minimum atomic E-state index is -0.286. The molecule has 1 aliphatic rings. The van der Waals surface area contributed by atoms with Gasteiger partial charge in [0.15, 0.2) is 0 Å². The SMILES string of the molecule is Cc1c(C(=O)Nc2ccccc2C(=O)NC2CCCC2)cnn1-c1ccccc1. The highest BCUT2D eigenvalue weighted by Crippen LogP contribution is 2.21. The van der Waals surface area contributed by atoms with Gasteiger partial charge in [-0.2, -0.15) is 5.10 Å². The summed E-state index contributed by atoms with van der Waals surface area (Å²) in [6.07, 6.45) is 5.87. The van der Waals surface area contributed by atoms with Gasteiger partial charge in [-0.1, -0.05) is 43.2 Å². The first-order valence-electron chi connectivity index (χ1n) is 9.95. The molecule has 2 amide bonds. The first kappa shape index (κ1) is 18.9. The third kappa shape index (κ3) is 4.06. The summed E-state index contributed by atoms with van der Waals surface area (Å²) >= 11 is 0. The van der Waals surface area contributed by atoms with E-state index in [1.54, 1.807) is 29.1 Å². The maximum absolute atomic E-state index is 12.9. The van der Waals surface area contributed by atoms with E-state index in [4.69, 9.17) is 0 Å². The molecule has 0 radical (unpaired) electrons. The summed E-state index contributed by atoms with van der Waals surface area (Å²) in [6, 6.07) is 17.0. The van der Waals surface area contributed by atoms with Crippen molar-refractivity contribution < 1.29 is 9.59 Å². The van der Waals surface area contributed by atoms with Crippen LogP contribution in [0.25, 0.3) is 5.69 Å². The molecule has 1 fully saturated rings. The van der Waals surface area contributed by atoms with Gasteiger partial charge in [0.05, 0.1) is 34.4 Å². The number of nitrogens with zero attached hydrogens (tertiary/aromatic N) is 2. The Morgan fingerprint density at radius 3 is 2.38 bits per heavy atom. The minimum absolute atomic E-state index is 0.149. The molecular weight excluding hydrogens is 364 g/mol. The number of para-hydroxylation sites is 2. The summed E-state index contributed by atoms with van der Waals surface area (Å²) in [5, 5.41) is 10.3. The Kier molecular flexibility index (Phi) is 5.42. The third-order valence-corrected chi connectivity index (χ3v) is 5.37. The van der Waals surface area contributed by atoms with Crippen molar-refractivity contribution in [3.63, 3.8) is 0 Å². The van der Waals surface area contributed by atoms with Gasteiger partial charge in [0, 0.05) is 6.04 Å². The number of amides is 2. The lowest BCUT2D eigenvalue weighted by atomic mass is 10.1. The number of aromatic nitrogens is 2. The van der Waals surface area contributed by atoms with Crippen LogP contribution in [-0.4, -0.2) is 27.6 Å². The molecule has 1 saturated carbocycles. The van der Waals surface area contributed by atoms with Crippen molar-refractivity contribution in [2.24, 2.45) is 0 Å². The Morgan fingerprint density at radius 1 is 0.931 bits per heavy atom. The normalized spacial score (nSPS) is 14.0. The number of anilines is 1. The smallest absolute Gasteiger partial charge is 0.259 e. The average molecular weight is 388 g/mol. The number of hydrogen-bond donors (Lipinski definition) is 2. The largest absolute Gasteiger partial charge is 0.349 e. The average Bonchev–Trinajstić information content (AvgIpc) is 3.38. The van der Waals surface area contributed by atoms with E-state index in [-0.39, 0.29) is 17.9 Å². The number of carbonyl (C=O) groups excluding carboxylic acids is 2. The first-order chi connectivity index (χ1) is 14.1. The van der Waals surface area contributed by atoms with Crippen molar-refractivity contribution in [2.45, 2.75) is 38.6 Å². The molecule has 1 aliphatic carbocycles. The molecule has 0 spiro atoms. The summed E-state index contributed by atoms with van der Waals surface area (Å²) in [6.45, 7) is 1.85. The van der Waals surface area contributed by atoms with E-state index in [1.807, 2.05) is 43.3 Å². The van der Waals surface area contributed by atoms with Crippen molar-refractivity contribution in [1.82, 2.24) is 15.1 Å². The molecule has 0 aliphatic heterocycles. The maximum Gasteiger partial charge on any atom is 0.259 e. The van der Waals surface area contributed by atoms with E-state index in [1.165, 1.54) is 0 Å². The predicted molar refractivity (Wildman–Crippen MR) is 112 cm³/mol. The second-order valence-corrected chi connectivity index (χ2v) is 7.35. The van der Waals surface area contributed by atoms with Crippen molar-refractivity contribution in [3.8, 4) is 5.69 Å². The van der Waals surface area contributed by atoms with Crippen molar-refractivity contribution in [2.75, 3.05) is 5.32 Å². The third-order valence-electron chi connectivity index (χ3n) is 5.37. The van der Waals surface area contributed by atoms with Crippen LogP contribution >= 0.6 is 0 Å². The number of hydrogen-bond acceptors (Lipinski definition) is 3. The molecular formula is C23H24N4O2. The molecule has 2 aromatic carbocycles. The van der Waals surface area contributed by atoms with Gasteiger partial charge in [0.25, 0.3) is 11.8 Å². The van der Waals surface area contributed by atoms with Crippen LogP contribution in [0.15, 0.2) is 60.8 Å². The van der Waals surface area contributed by atoms with Gasteiger partial charge in [0.1, 0.15) is 0 Å². The van der Waals surface area contributed by atoms with Crippen LogP contribution in [0.1, 0.15) is 52.1 Å². The number of benzene rings is 2. The second kappa shape index (κ2) is 8.31. The second-order valence-electron chi connectivity index (χ2n) is 7.35. The molecule has 0 unspecified atom stereocenters. The predicted octanol–water partition coefficient (Wildman–Crippen LogP) is 4.11. The quantitative estimate of drug-likeness (QED) is 0.691. The Hall–Kier alpha value is -3.41. The van der Waals surface area contributed by atoms with Gasteiger partial charge in [-0.3, -0.25) is 9.59 Å². The van der Waals surface area contributed by atoms with E-state index >= 15 is 0 Å². The molecule has 3 aromatic rings. The highest BCUT2D eigenvalue weighted by molar-refractivity contribution is 6.09. The van der Waals surface area contributed by atoms with Crippen molar-refractivity contribution in [1.29, 1.82) is 0 Å². The van der Waals surface area contributed by atoms with E-state index in [2.05, 4.69) is 15.7 Å². The fourth-order valence-corrected chi connectivity index (χ4v) is 3.78. The lowest BCUT2D eigenvalue weighted by molar-refractivity contribution is 0.0939. The van der Waals surface area contributed by atoms with Gasteiger partial charge in [-0.15, -0.1) is 0 Å². The molecule has 1 heterocycles. The molecule has 0 atom stereocenters. The minimum Gasteiger partial charge on any atom is -0.349 e. The van der Waals surface area contributed by atoms with E-state index < -0.39 is 0 Å². The molecule has 0 saturated heterocycles. The van der Waals surface area contributed by atoms with Crippen LogP contribution in [0.4, 0.5) is 5.69 Å². The first-order valence-corrected chi connectivity index (χ1v) is 9.95. The van der Waals surface area contributed by atoms with Crippen LogP contribution in [0, 0.1) is 6.92 Å². The fraction of sp³-hybridized carbons (Fsp3) is 0.261. The van der Waals surface area contributed by atoms with Crippen molar-refractivity contribution in [3.05, 3.63) is 77.6 Å². The standard InChI is InChI=1S/C23H24N4O2/c1-16-20(15-24-27(16)18-11-3-2-4-12-18)23(29)26-21-14-8-7-13-19(21)22(28)25-17-9-5-6-10-17/h2-4,7-8,11-15,17H,5-6,9-10H2,1H3,(H,25,28)(H,26,29). The zero-order valence-electron chi connectivity index (χ0n) is 16.4. The molecule has 2 N–H and O–H groups in total. The van der Waals surface area contributed by atoms with Crippen molar-refractivity contribution >= 4 is 17.5 Å². The van der Waals surface area contributed by atoms with Gasteiger partial charge in [0.2, 0.25) is 0 Å². The Balaban J connectivity index is 1.53. The van der Waals surface area contributed by atoms with Crippen LogP contribution in [0.5, 0.6) is 0 Å². The zero-order valence-corrected chi connectivity index (χ0v) is 16.4. The van der Waals surface area contributed by atoms with Crippen LogP contribution in [0.2, 0.25) is 0 Å². The monoisotopic (exact) mass is 388 g/mol. The molecule has 29 heavy (non-hydrogen) atoms. The van der Waals surface area contributed by atoms with Gasteiger partial charge in [-0.25, -0.2) is 4.68 Å². The lowest BCUT2D eigenvalue weighted by Crippen LogP contribution is -2.33. The summed E-state index contributed by atoms with van der Waals surface area (Å²) in [5.41, 5.74) is 3.07. The number of carbonyl (C=O) groups is 2. The summed E-state index contributed by atoms with van der Waals surface area (Å²) in [5.74, 6) is -0.435. The Morgan fingerprint density at radius 2 is 1.62 bits per heavy atom. The molecule has 148 valence electrons. The topological polar surface area (TPSA) is 76.0 Å². The zero-order chi connectivity index (χ0) is 20.2. The van der Waals surface area contributed by atoms with Crippen LogP contribution in [-0.2, 0) is 0 Å². The highest BCUT2D eigenvalue weighted by Gasteiger charge is 2.21. The molecule has 1 aromatic heterocycles. The molecule has 4 rings (SSSR count).